The molecule has 1 aliphatic rings. The van der Waals surface area contributed by atoms with Crippen LogP contribution in [0.5, 0.6) is 5.88 Å². The van der Waals surface area contributed by atoms with Crippen molar-refractivity contribution in [1.29, 1.82) is 0 Å². The van der Waals surface area contributed by atoms with Gasteiger partial charge in [0.15, 0.2) is 17.4 Å². The Morgan fingerprint density at radius 1 is 1.17 bits per heavy atom. The van der Waals surface area contributed by atoms with Gasteiger partial charge < -0.3 is 35.5 Å². The molecule has 0 spiro atoms. The normalized spacial score (nSPS) is 21.9. The number of ether oxygens (including phenoxy) is 2. The minimum Gasteiger partial charge on any atom is -0.479 e. The monoisotopic (exact) mass is 604 g/mol. The summed E-state index contributed by atoms with van der Waals surface area (Å²) in [4.78, 5) is 23.0. The molecule has 224 valence electrons. The smallest absolute Gasteiger partial charge is 0.406 e. The van der Waals surface area contributed by atoms with Gasteiger partial charge in [-0.1, -0.05) is 30.3 Å². The van der Waals surface area contributed by atoms with Crippen molar-refractivity contribution in [2.45, 2.75) is 37.7 Å². The predicted molar refractivity (Wildman–Crippen MR) is 146 cm³/mol. The van der Waals surface area contributed by atoms with E-state index in [1.165, 1.54) is 41.8 Å². The molecule has 3 aromatic heterocycles. The Morgan fingerprint density at radius 2 is 1.93 bits per heavy atom. The van der Waals surface area contributed by atoms with E-state index in [1.807, 2.05) is 30.3 Å². The van der Waals surface area contributed by atoms with Gasteiger partial charge in [-0.3, -0.25) is 13.6 Å². The first kappa shape index (κ1) is 29.5. The molecular formula is C24H29N8O9P. The molecule has 4 aromatic rings. The van der Waals surface area contributed by atoms with Crippen LogP contribution < -0.4 is 15.6 Å². The average molecular weight is 605 g/mol. The number of nitrogens with zero attached hydrogens (tertiary/aromatic N) is 6. The second-order valence-electron chi connectivity index (χ2n) is 9.35. The Bertz CT molecular complexity index is 1610. The van der Waals surface area contributed by atoms with Crippen molar-refractivity contribution in [1.82, 2.24) is 29.2 Å². The molecule has 1 saturated heterocycles. The lowest BCUT2D eigenvalue weighted by Crippen LogP contribution is -2.34. The van der Waals surface area contributed by atoms with Crippen LogP contribution in [0.25, 0.3) is 11.2 Å². The van der Waals surface area contributed by atoms with Crippen molar-refractivity contribution in [3.8, 4) is 5.88 Å². The molecule has 0 radical (unpaired) electrons. The van der Waals surface area contributed by atoms with E-state index in [0.29, 0.717) is 5.69 Å². The van der Waals surface area contributed by atoms with Gasteiger partial charge in [-0.15, -0.1) is 0 Å². The maximum atomic E-state index is 13.8. The Balaban J connectivity index is 1.32. The number of anilines is 1. The minimum atomic E-state index is -4.10. The highest BCUT2D eigenvalue weighted by molar-refractivity contribution is 7.51. The van der Waals surface area contributed by atoms with Crippen LogP contribution in [0.3, 0.4) is 0 Å². The maximum absolute atomic E-state index is 13.8. The van der Waals surface area contributed by atoms with Crippen LogP contribution in [-0.4, -0.2) is 71.3 Å². The van der Waals surface area contributed by atoms with Crippen LogP contribution in [0.2, 0.25) is 0 Å². The van der Waals surface area contributed by atoms with Crippen molar-refractivity contribution in [3.05, 3.63) is 70.2 Å². The van der Waals surface area contributed by atoms with Gasteiger partial charge in [0.05, 0.1) is 27.1 Å². The summed E-state index contributed by atoms with van der Waals surface area (Å²) in [5.41, 5.74) is 7.41. The molecule has 1 fully saturated rings. The Morgan fingerprint density at radius 3 is 2.62 bits per heavy atom. The molecule has 17 nitrogen and oxygen atoms in total. The molecule has 18 heteroatoms. The first-order chi connectivity index (χ1) is 20.1. The number of nitrogens with two attached hydrogens (primary N) is 1. The third-order valence-electron chi connectivity index (χ3n) is 6.71. The molecule has 0 amide bonds. The number of hydrogen-bond donors (Lipinski definition) is 4. The first-order valence-electron chi connectivity index (χ1n) is 12.6. The lowest BCUT2D eigenvalue weighted by molar-refractivity contribution is -0.391. The standard InChI is InChI=1S/C24H29N8O9P/c1-30-15(8-9-17(30)32(35)36)11-39-42(37,27-10-14-6-4-3-5-7-14)40-12-16-19(33)20(34)23(41-16)31-13-26-18-21(31)28-24(25)29-22(18)38-2/h3-9,13,16,19-20,23,33-34H,10-12H2,1-2H3,(H,27,37)(H2,25,28,29)/t16-,19?,20?,23-,42?/m1/s1. The molecule has 0 bridgehead atoms. The van der Waals surface area contributed by atoms with Gasteiger partial charge in [-0.25, -0.2) is 19.2 Å². The molecule has 1 aromatic carbocycles. The highest BCUT2D eigenvalue weighted by atomic mass is 31.2. The number of methoxy groups -OCH3 is 1. The van der Waals surface area contributed by atoms with E-state index in [2.05, 4.69) is 20.0 Å². The maximum Gasteiger partial charge on any atom is 0.406 e. The van der Waals surface area contributed by atoms with Gasteiger partial charge in [-0.2, -0.15) is 9.97 Å². The molecule has 1 aliphatic heterocycles. The second kappa shape index (κ2) is 12.1. The summed E-state index contributed by atoms with van der Waals surface area (Å²) in [5.74, 6) is -0.142. The lowest BCUT2D eigenvalue weighted by atomic mass is 10.1. The fourth-order valence-electron chi connectivity index (χ4n) is 4.44. The number of nitrogen functional groups attached to an aromatic ring is 1. The van der Waals surface area contributed by atoms with E-state index in [9.17, 15) is 24.9 Å². The number of rotatable bonds is 12. The van der Waals surface area contributed by atoms with Crippen molar-refractivity contribution in [2.75, 3.05) is 19.5 Å². The Labute approximate surface area is 238 Å². The zero-order valence-electron chi connectivity index (χ0n) is 22.5. The summed E-state index contributed by atoms with van der Waals surface area (Å²) in [6.45, 7) is -0.629. The highest BCUT2D eigenvalue weighted by Crippen LogP contribution is 2.46. The number of fused-ring (bicyclic) bond motifs is 1. The SMILES string of the molecule is COc1nc(N)nc2c1ncn2[C@@H]1O[C@H](COP(=O)(NCc2ccccc2)OCc2ccc([N+](=O)[O-])n2C)C(O)C1O. The molecule has 5 rings (SSSR count). The molecule has 5 atom stereocenters. The second-order valence-corrected chi connectivity index (χ2v) is 11.2. The van der Waals surface area contributed by atoms with Gasteiger partial charge in [0.2, 0.25) is 11.8 Å². The summed E-state index contributed by atoms with van der Waals surface area (Å²) in [6, 6.07) is 11.9. The predicted octanol–water partition coefficient (Wildman–Crippen LogP) is 1.41. The van der Waals surface area contributed by atoms with Gasteiger partial charge in [0.1, 0.15) is 30.6 Å². The van der Waals surface area contributed by atoms with Gasteiger partial charge in [0.25, 0.3) is 0 Å². The molecular weight excluding hydrogens is 575 g/mol. The number of hydrogen-bond acceptors (Lipinski definition) is 13. The van der Waals surface area contributed by atoms with Crippen molar-refractivity contribution < 1.29 is 38.2 Å². The van der Waals surface area contributed by atoms with Crippen LogP contribution >= 0.6 is 7.75 Å². The first-order valence-corrected chi connectivity index (χ1v) is 14.2. The van der Waals surface area contributed by atoms with E-state index in [4.69, 9.17) is 24.3 Å². The molecule has 4 heterocycles. The number of benzene rings is 1. The van der Waals surface area contributed by atoms with Crippen molar-refractivity contribution >= 4 is 30.7 Å². The van der Waals surface area contributed by atoms with Gasteiger partial charge in [0, 0.05) is 12.6 Å². The molecule has 5 N–H and O–H groups in total. The van der Waals surface area contributed by atoms with Crippen LogP contribution in [-0.2, 0) is 38.5 Å². The summed E-state index contributed by atoms with van der Waals surface area (Å²) < 4.78 is 38.9. The number of aromatic nitrogens is 5. The quantitative estimate of drug-likeness (QED) is 0.102. The summed E-state index contributed by atoms with van der Waals surface area (Å²) in [5, 5.41) is 35.6. The average Bonchev–Trinajstić information content (AvgIpc) is 3.65. The minimum absolute atomic E-state index is 0.0971. The molecule has 42 heavy (non-hydrogen) atoms. The molecule has 3 unspecified atom stereocenters. The van der Waals surface area contributed by atoms with Crippen molar-refractivity contribution in [3.63, 3.8) is 0 Å². The van der Waals surface area contributed by atoms with Gasteiger partial charge in [-0.05, 0) is 16.6 Å². The summed E-state index contributed by atoms with van der Waals surface area (Å²) in [6.07, 6.45) is -3.86. The number of nitro groups is 1. The van der Waals surface area contributed by atoms with E-state index in [1.54, 1.807) is 0 Å². The van der Waals surface area contributed by atoms with E-state index >= 15 is 0 Å². The zero-order valence-corrected chi connectivity index (χ0v) is 23.4. The fraction of sp³-hybridized carbons (Fsp3) is 0.375. The summed E-state index contributed by atoms with van der Waals surface area (Å²) in [7, 11) is -1.22. The largest absolute Gasteiger partial charge is 0.479 e. The topological polar surface area (TPSA) is 224 Å². The number of aliphatic hydroxyl groups is 2. The van der Waals surface area contributed by atoms with Crippen LogP contribution in [0.4, 0.5) is 11.8 Å². The third-order valence-corrected chi connectivity index (χ3v) is 8.21. The Hall–Kier alpha value is -3.96. The summed E-state index contributed by atoms with van der Waals surface area (Å²) >= 11 is 0. The van der Waals surface area contributed by atoms with E-state index in [-0.39, 0.29) is 42.0 Å². The van der Waals surface area contributed by atoms with Gasteiger partial charge >= 0.3 is 13.6 Å². The Kier molecular flexibility index (Phi) is 8.51. The molecule has 0 saturated carbocycles. The zero-order chi connectivity index (χ0) is 30.0. The number of nitrogens with one attached hydrogen (secondary N) is 1. The third kappa shape index (κ3) is 5.98. The van der Waals surface area contributed by atoms with Crippen LogP contribution in [0.15, 0.2) is 48.8 Å². The van der Waals surface area contributed by atoms with Crippen molar-refractivity contribution in [2.24, 2.45) is 7.05 Å². The highest BCUT2D eigenvalue weighted by Gasteiger charge is 2.45. The fourth-order valence-corrected chi connectivity index (χ4v) is 5.72. The molecule has 0 aliphatic carbocycles. The number of aliphatic hydroxyl groups excluding tert-OH is 2. The lowest BCUT2D eigenvalue weighted by Gasteiger charge is -2.22. The van der Waals surface area contributed by atoms with E-state index < -0.39 is 43.8 Å². The number of imidazole rings is 1. The van der Waals surface area contributed by atoms with Crippen LogP contribution in [0, 0.1) is 10.1 Å². The van der Waals surface area contributed by atoms with Crippen LogP contribution in [0.1, 0.15) is 17.5 Å². The van der Waals surface area contributed by atoms with E-state index in [0.717, 1.165) is 5.56 Å².